The summed E-state index contributed by atoms with van der Waals surface area (Å²) in [4.78, 5) is 0. The van der Waals surface area contributed by atoms with Crippen LogP contribution >= 0.6 is 7.68 Å². The van der Waals surface area contributed by atoms with Gasteiger partial charge in [-0.05, 0) is 24.6 Å². The van der Waals surface area contributed by atoms with Gasteiger partial charge in [0.1, 0.15) is 11.4 Å². The quantitative estimate of drug-likeness (QED) is 0.0861. The van der Waals surface area contributed by atoms with Crippen LogP contribution in [0.5, 0.6) is 5.75 Å². The Labute approximate surface area is 265 Å². The van der Waals surface area contributed by atoms with E-state index < -0.39 is 7.68 Å². The number of benzene rings is 1. The van der Waals surface area contributed by atoms with Gasteiger partial charge >= 0.3 is 7.68 Å². The number of rotatable bonds is 31. The molecule has 0 saturated carbocycles. The zero-order valence-corrected chi connectivity index (χ0v) is 27.4. The molecule has 1 aromatic heterocycles. The fourth-order valence-electron chi connectivity index (χ4n) is 3.55. The van der Waals surface area contributed by atoms with Crippen molar-refractivity contribution in [2.45, 2.75) is 20.1 Å². The molecule has 0 N–H and O–H groups in total. The van der Waals surface area contributed by atoms with E-state index in [9.17, 15) is 8.76 Å². The predicted octanol–water partition coefficient (Wildman–Crippen LogP) is 3.17. The van der Waals surface area contributed by atoms with Gasteiger partial charge in [0.25, 0.3) is 0 Å². The topological polar surface area (TPSA) is 140 Å². The van der Waals surface area contributed by atoms with Gasteiger partial charge in [-0.2, -0.15) is 4.20 Å². The number of hydrogen-bond donors (Lipinski definition) is 0. The fraction of sp³-hybridized carbons (Fsp3) is 0.724. The molecule has 1 unspecified atom stereocenters. The maximum atomic E-state index is 13.3. The molecule has 0 fully saturated rings. The summed E-state index contributed by atoms with van der Waals surface area (Å²) in [5, 5.41) is 8.28. The number of methoxy groups -OCH3 is 1. The second kappa shape index (κ2) is 26.1. The van der Waals surface area contributed by atoms with Gasteiger partial charge in [0.05, 0.1) is 138 Å². The van der Waals surface area contributed by atoms with E-state index in [4.69, 9.17) is 42.6 Å². The molecule has 0 radical (unpaired) electrons. The molecule has 0 saturated heterocycles. The zero-order chi connectivity index (χ0) is 32.3. The van der Waals surface area contributed by atoms with Gasteiger partial charge in [0.15, 0.2) is 0 Å². The highest BCUT2D eigenvalue weighted by Gasteiger charge is 2.20. The lowest BCUT2D eigenvalue weighted by Crippen LogP contribution is -2.15. The van der Waals surface area contributed by atoms with E-state index in [1.165, 1.54) is 0 Å². The van der Waals surface area contributed by atoms with Crippen molar-refractivity contribution in [1.29, 1.82) is 0 Å². The Morgan fingerprint density at radius 2 is 1.13 bits per heavy atom. The van der Waals surface area contributed by atoms with Crippen LogP contribution in [-0.4, -0.2) is 134 Å². The standard InChI is InChI=1S/C29H49FN3O11P/c1-3-44-45(30,34)23-22-42-19-18-40-15-14-38-11-10-36-8-9-37-12-13-39-16-17-41-20-21-43-26-28-25-33(32-31-28)24-27-4-6-29(35-2)7-5-27/h4-7,25H,3,8-24,26H2,1-2H3. The smallest absolute Gasteiger partial charge is 0.369 e. The summed E-state index contributed by atoms with van der Waals surface area (Å²) in [6.45, 7) is 8.80. The molecule has 0 amide bonds. The molecule has 0 spiro atoms. The Kier molecular flexibility index (Phi) is 22.7. The van der Waals surface area contributed by atoms with Crippen molar-refractivity contribution in [1.82, 2.24) is 15.0 Å². The first-order valence-electron chi connectivity index (χ1n) is 15.1. The monoisotopic (exact) mass is 665 g/mol. The third kappa shape index (κ3) is 21.4. The summed E-state index contributed by atoms with van der Waals surface area (Å²) >= 11 is 0. The average Bonchev–Trinajstić information content (AvgIpc) is 3.48. The van der Waals surface area contributed by atoms with Crippen LogP contribution in [-0.2, 0) is 60.1 Å². The molecule has 0 aliphatic rings. The molecule has 14 nitrogen and oxygen atoms in total. The predicted molar refractivity (Wildman–Crippen MR) is 163 cm³/mol. The van der Waals surface area contributed by atoms with E-state index in [-0.39, 0.29) is 26.0 Å². The second-order valence-corrected chi connectivity index (χ2v) is 11.2. The molecule has 258 valence electrons. The fourth-order valence-corrected chi connectivity index (χ4v) is 4.41. The third-order valence-corrected chi connectivity index (χ3v) is 7.13. The van der Waals surface area contributed by atoms with Gasteiger partial charge in [0.2, 0.25) is 0 Å². The molecular weight excluding hydrogens is 616 g/mol. The summed E-state index contributed by atoms with van der Waals surface area (Å²) in [5.74, 6) is 0.820. The summed E-state index contributed by atoms with van der Waals surface area (Å²) in [5.41, 5.74) is 1.87. The molecule has 2 rings (SSSR count). The van der Waals surface area contributed by atoms with Crippen LogP contribution in [0.4, 0.5) is 4.20 Å². The minimum Gasteiger partial charge on any atom is -0.497 e. The van der Waals surface area contributed by atoms with Gasteiger partial charge in [-0.1, -0.05) is 17.3 Å². The van der Waals surface area contributed by atoms with Gasteiger partial charge in [-0.3, -0.25) is 4.57 Å². The van der Waals surface area contributed by atoms with Crippen molar-refractivity contribution in [3.05, 3.63) is 41.7 Å². The largest absolute Gasteiger partial charge is 0.497 e. The third-order valence-electron chi connectivity index (χ3n) is 5.77. The molecule has 0 bridgehead atoms. The molecule has 0 aliphatic carbocycles. The van der Waals surface area contributed by atoms with Crippen molar-refractivity contribution < 1.29 is 55.9 Å². The van der Waals surface area contributed by atoms with Crippen molar-refractivity contribution in [2.75, 3.05) is 119 Å². The molecular formula is C29H49FN3O11P. The Morgan fingerprint density at radius 1 is 0.689 bits per heavy atom. The maximum Gasteiger partial charge on any atom is 0.369 e. The van der Waals surface area contributed by atoms with E-state index in [1.54, 1.807) is 18.7 Å². The van der Waals surface area contributed by atoms with E-state index in [2.05, 4.69) is 14.8 Å². The Bertz CT molecular complexity index is 1020. The molecule has 1 heterocycles. The lowest BCUT2D eigenvalue weighted by molar-refractivity contribution is -0.0234. The lowest BCUT2D eigenvalue weighted by Gasteiger charge is -2.09. The van der Waals surface area contributed by atoms with Crippen molar-refractivity contribution in [3.63, 3.8) is 0 Å². The minimum absolute atomic E-state index is 0.0238. The van der Waals surface area contributed by atoms with Crippen molar-refractivity contribution >= 4 is 7.68 Å². The first-order valence-corrected chi connectivity index (χ1v) is 16.8. The molecule has 1 atom stereocenters. The second-order valence-electron chi connectivity index (χ2n) is 9.33. The molecule has 1 aromatic carbocycles. The highest BCUT2D eigenvalue weighted by Crippen LogP contribution is 2.47. The van der Waals surface area contributed by atoms with Crippen LogP contribution in [0.1, 0.15) is 18.2 Å². The molecule has 45 heavy (non-hydrogen) atoms. The van der Waals surface area contributed by atoms with Crippen molar-refractivity contribution in [3.8, 4) is 5.75 Å². The van der Waals surface area contributed by atoms with Crippen LogP contribution in [0, 0.1) is 0 Å². The number of ether oxygens (including phenoxy) is 9. The van der Waals surface area contributed by atoms with Crippen LogP contribution in [0.15, 0.2) is 30.5 Å². The summed E-state index contributed by atoms with van der Waals surface area (Å²) in [6, 6.07) is 7.83. The zero-order valence-electron chi connectivity index (χ0n) is 26.5. The first-order chi connectivity index (χ1) is 22.0. The van der Waals surface area contributed by atoms with E-state index in [0.29, 0.717) is 99.0 Å². The van der Waals surface area contributed by atoms with Crippen LogP contribution in [0.2, 0.25) is 0 Å². The normalized spacial score (nSPS) is 12.9. The minimum atomic E-state index is -4.03. The molecule has 16 heteroatoms. The highest BCUT2D eigenvalue weighted by atomic mass is 31.2. The number of hydrogen-bond acceptors (Lipinski definition) is 13. The number of aromatic nitrogens is 3. The summed E-state index contributed by atoms with van der Waals surface area (Å²) in [7, 11) is -2.38. The highest BCUT2D eigenvalue weighted by molar-refractivity contribution is 7.53. The first kappa shape index (κ1) is 39.1. The van der Waals surface area contributed by atoms with E-state index in [1.807, 2.05) is 30.5 Å². The molecule has 2 aromatic rings. The van der Waals surface area contributed by atoms with Crippen LogP contribution < -0.4 is 4.74 Å². The maximum absolute atomic E-state index is 13.3. The van der Waals surface area contributed by atoms with Gasteiger partial charge in [-0.15, -0.1) is 5.10 Å². The van der Waals surface area contributed by atoms with Crippen LogP contribution in [0.25, 0.3) is 0 Å². The Balaban J connectivity index is 1.24. The van der Waals surface area contributed by atoms with Gasteiger partial charge < -0.3 is 47.2 Å². The van der Waals surface area contributed by atoms with Gasteiger partial charge in [-0.25, -0.2) is 4.68 Å². The Morgan fingerprint density at radius 3 is 1.58 bits per heavy atom. The van der Waals surface area contributed by atoms with Crippen molar-refractivity contribution in [2.24, 2.45) is 0 Å². The lowest BCUT2D eigenvalue weighted by atomic mass is 10.2. The van der Waals surface area contributed by atoms with E-state index in [0.717, 1.165) is 17.0 Å². The Hall–Kier alpha value is -2.04. The average molecular weight is 666 g/mol. The number of nitrogens with zero attached hydrogens (tertiary/aromatic N) is 3. The summed E-state index contributed by atoms with van der Waals surface area (Å²) < 4.78 is 79.5. The van der Waals surface area contributed by atoms with Gasteiger partial charge in [0, 0.05) is 0 Å². The molecule has 0 aliphatic heterocycles. The summed E-state index contributed by atoms with van der Waals surface area (Å²) in [6.07, 6.45) is 1.62. The van der Waals surface area contributed by atoms with E-state index >= 15 is 0 Å². The van der Waals surface area contributed by atoms with Crippen LogP contribution in [0.3, 0.4) is 0 Å². The SMILES string of the molecule is CCOP(=O)(F)CCOCCOCCOCCOCCOCCOCCOCCOCc1cn(Cc2ccc(OC)cc2)nn1. The number of halogens is 1.